The molecule has 3 aromatic rings. The number of aliphatic hydroxyl groups is 1. The standard InChI is InChI=1S/C21H22ClFN2O2S/c1-3-17(26)18-8-16-20(28-18)14(4-5-25-16)15-7-13(22)6-12(2)19(15)27-11-21(23)9-24-10-21/h4-8,17,24,26H,3,9-11H2,1-2H3. The lowest BCUT2D eigenvalue weighted by molar-refractivity contribution is 0.0347. The van der Waals surface area contributed by atoms with Crippen molar-refractivity contribution in [3.05, 3.63) is 45.9 Å². The number of aromatic nitrogens is 1. The number of rotatable bonds is 6. The number of nitrogens with one attached hydrogen (secondary N) is 1. The Hall–Kier alpha value is -1.73. The summed E-state index contributed by atoms with van der Waals surface area (Å²) >= 11 is 7.85. The lowest BCUT2D eigenvalue weighted by atomic mass is 10.00. The molecule has 1 unspecified atom stereocenters. The number of fused-ring (bicyclic) bond motifs is 1. The number of nitrogens with zero attached hydrogens (tertiary/aromatic N) is 1. The molecule has 148 valence electrons. The number of alkyl halides is 1. The lowest BCUT2D eigenvalue weighted by Gasteiger charge is -2.34. The summed E-state index contributed by atoms with van der Waals surface area (Å²) in [6.45, 7) is 4.45. The summed E-state index contributed by atoms with van der Waals surface area (Å²) in [7, 11) is 0. The third-order valence-electron chi connectivity index (χ3n) is 5.03. The van der Waals surface area contributed by atoms with Crippen molar-refractivity contribution < 1.29 is 14.2 Å². The second kappa shape index (κ2) is 7.59. The highest BCUT2D eigenvalue weighted by molar-refractivity contribution is 7.19. The van der Waals surface area contributed by atoms with E-state index in [1.54, 1.807) is 6.20 Å². The van der Waals surface area contributed by atoms with Gasteiger partial charge in [-0.05, 0) is 43.2 Å². The van der Waals surface area contributed by atoms with Crippen molar-refractivity contribution >= 4 is 33.2 Å². The summed E-state index contributed by atoms with van der Waals surface area (Å²) in [4.78, 5) is 5.32. The number of halogens is 2. The van der Waals surface area contributed by atoms with Crippen molar-refractivity contribution in [1.82, 2.24) is 10.3 Å². The van der Waals surface area contributed by atoms with Crippen LogP contribution in [-0.4, -0.2) is 35.5 Å². The first-order valence-corrected chi connectivity index (χ1v) is 10.5. The molecular weight excluding hydrogens is 399 g/mol. The Labute approximate surface area is 172 Å². The maximum absolute atomic E-state index is 14.5. The third-order valence-corrected chi connectivity index (χ3v) is 6.51. The SMILES string of the molecule is CCC(O)c1cc2nccc(-c3cc(Cl)cc(C)c3OCC3(F)CNC3)c2s1. The summed E-state index contributed by atoms with van der Waals surface area (Å²) in [6, 6.07) is 7.50. The van der Waals surface area contributed by atoms with E-state index in [2.05, 4.69) is 10.3 Å². The minimum absolute atomic E-state index is 0.00601. The predicted molar refractivity (Wildman–Crippen MR) is 112 cm³/mol. The molecule has 0 aliphatic carbocycles. The zero-order chi connectivity index (χ0) is 19.9. The quantitative estimate of drug-likeness (QED) is 0.585. The fourth-order valence-corrected chi connectivity index (χ4v) is 4.84. The number of aliphatic hydroxyl groups excluding tert-OH is 1. The Kier molecular flexibility index (Phi) is 5.31. The smallest absolute Gasteiger partial charge is 0.169 e. The first kappa shape index (κ1) is 19.6. The molecule has 7 heteroatoms. The van der Waals surface area contributed by atoms with Crippen LogP contribution < -0.4 is 10.1 Å². The van der Waals surface area contributed by atoms with E-state index in [-0.39, 0.29) is 6.61 Å². The molecule has 4 nitrogen and oxygen atoms in total. The van der Waals surface area contributed by atoms with Gasteiger partial charge in [0.1, 0.15) is 12.4 Å². The topological polar surface area (TPSA) is 54.4 Å². The van der Waals surface area contributed by atoms with E-state index in [1.807, 2.05) is 38.1 Å². The second-order valence-electron chi connectivity index (χ2n) is 7.29. The van der Waals surface area contributed by atoms with E-state index in [9.17, 15) is 9.50 Å². The van der Waals surface area contributed by atoms with E-state index < -0.39 is 11.8 Å². The van der Waals surface area contributed by atoms with Gasteiger partial charge in [0.15, 0.2) is 5.67 Å². The van der Waals surface area contributed by atoms with Gasteiger partial charge in [-0.3, -0.25) is 4.98 Å². The number of hydrogen-bond acceptors (Lipinski definition) is 5. The van der Waals surface area contributed by atoms with Crippen LogP contribution >= 0.6 is 22.9 Å². The van der Waals surface area contributed by atoms with Crippen molar-refractivity contribution in [3.63, 3.8) is 0 Å². The zero-order valence-corrected chi connectivity index (χ0v) is 17.3. The van der Waals surface area contributed by atoms with Crippen LogP contribution in [0.1, 0.15) is 29.9 Å². The first-order valence-electron chi connectivity index (χ1n) is 9.29. The second-order valence-corrected chi connectivity index (χ2v) is 8.81. The molecule has 1 fully saturated rings. The fraction of sp³-hybridized carbons (Fsp3) is 0.381. The molecule has 2 aromatic heterocycles. The summed E-state index contributed by atoms with van der Waals surface area (Å²) in [5.41, 5.74) is 2.07. The Balaban J connectivity index is 1.80. The Morgan fingerprint density at radius 1 is 1.36 bits per heavy atom. The minimum Gasteiger partial charge on any atom is -0.489 e. The van der Waals surface area contributed by atoms with Gasteiger partial charge in [0.25, 0.3) is 0 Å². The lowest BCUT2D eigenvalue weighted by Crippen LogP contribution is -2.59. The molecule has 0 spiro atoms. The molecular formula is C21H22ClFN2O2S. The molecule has 1 aliphatic heterocycles. The van der Waals surface area contributed by atoms with Gasteiger partial charge in [-0.25, -0.2) is 4.39 Å². The molecule has 3 heterocycles. The predicted octanol–water partition coefficient (Wildman–Crippen LogP) is 5.06. The van der Waals surface area contributed by atoms with Gasteiger partial charge in [0.05, 0.1) is 16.3 Å². The highest BCUT2D eigenvalue weighted by Gasteiger charge is 2.38. The van der Waals surface area contributed by atoms with E-state index in [0.29, 0.717) is 30.3 Å². The largest absolute Gasteiger partial charge is 0.489 e. The summed E-state index contributed by atoms with van der Waals surface area (Å²) in [5.74, 6) is 0.631. The first-order chi connectivity index (χ1) is 13.4. The molecule has 0 saturated carbocycles. The van der Waals surface area contributed by atoms with Crippen LogP contribution in [0.2, 0.25) is 5.02 Å². The van der Waals surface area contributed by atoms with Crippen LogP contribution in [-0.2, 0) is 0 Å². The van der Waals surface area contributed by atoms with E-state index in [1.165, 1.54) is 11.3 Å². The van der Waals surface area contributed by atoms with Gasteiger partial charge in [0, 0.05) is 40.3 Å². The highest BCUT2D eigenvalue weighted by Crippen LogP contribution is 2.42. The number of ether oxygens (including phenoxy) is 1. The Morgan fingerprint density at radius 2 is 2.14 bits per heavy atom. The van der Waals surface area contributed by atoms with Crippen LogP contribution in [0.4, 0.5) is 4.39 Å². The fourth-order valence-electron chi connectivity index (χ4n) is 3.36. The average Bonchev–Trinajstić information content (AvgIpc) is 3.09. The number of hydrogen-bond donors (Lipinski definition) is 2. The highest BCUT2D eigenvalue weighted by atomic mass is 35.5. The molecule has 0 bridgehead atoms. The van der Waals surface area contributed by atoms with Crippen molar-refractivity contribution in [2.24, 2.45) is 0 Å². The molecule has 1 aliphatic rings. The van der Waals surface area contributed by atoms with Gasteiger partial charge >= 0.3 is 0 Å². The Bertz CT molecular complexity index is 1020. The molecule has 0 radical (unpaired) electrons. The van der Waals surface area contributed by atoms with E-state index >= 15 is 0 Å². The van der Waals surface area contributed by atoms with Crippen molar-refractivity contribution in [2.45, 2.75) is 32.0 Å². The molecule has 1 aromatic carbocycles. The maximum atomic E-state index is 14.5. The van der Waals surface area contributed by atoms with Crippen LogP contribution in [0.15, 0.2) is 30.5 Å². The van der Waals surface area contributed by atoms with Crippen molar-refractivity contribution in [3.8, 4) is 16.9 Å². The average molecular weight is 421 g/mol. The Morgan fingerprint density at radius 3 is 2.82 bits per heavy atom. The van der Waals surface area contributed by atoms with Gasteiger partial charge in [0.2, 0.25) is 0 Å². The third kappa shape index (κ3) is 3.62. The number of thiophene rings is 1. The van der Waals surface area contributed by atoms with E-state index in [0.717, 1.165) is 31.8 Å². The minimum atomic E-state index is -1.34. The van der Waals surface area contributed by atoms with Crippen molar-refractivity contribution in [2.75, 3.05) is 19.7 Å². The molecule has 4 rings (SSSR count). The van der Waals surface area contributed by atoms with Crippen LogP contribution in [0.3, 0.4) is 0 Å². The monoisotopic (exact) mass is 420 g/mol. The number of pyridine rings is 1. The van der Waals surface area contributed by atoms with Crippen molar-refractivity contribution in [1.29, 1.82) is 0 Å². The van der Waals surface area contributed by atoms with Crippen LogP contribution in [0.25, 0.3) is 21.3 Å². The van der Waals surface area contributed by atoms with E-state index in [4.69, 9.17) is 16.3 Å². The maximum Gasteiger partial charge on any atom is 0.169 e. The van der Waals surface area contributed by atoms with Crippen LogP contribution in [0, 0.1) is 6.92 Å². The number of aryl methyl sites for hydroxylation is 1. The van der Waals surface area contributed by atoms with Gasteiger partial charge in [-0.2, -0.15) is 0 Å². The molecule has 28 heavy (non-hydrogen) atoms. The molecule has 0 amide bonds. The molecule has 1 atom stereocenters. The summed E-state index contributed by atoms with van der Waals surface area (Å²) in [5, 5.41) is 13.8. The van der Waals surface area contributed by atoms with Gasteiger partial charge < -0.3 is 15.2 Å². The van der Waals surface area contributed by atoms with Gasteiger partial charge in [-0.15, -0.1) is 11.3 Å². The van der Waals surface area contributed by atoms with Gasteiger partial charge in [-0.1, -0.05) is 18.5 Å². The normalized spacial score (nSPS) is 16.8. The number of benzene rings is 1. The molecule has 2 N–H and O–H groups in total. The summed E-state index contributed by atoms with van der Waals surface area (Å²) < 4.78 is 21.4. The molecule has 1 saturated heterocycles. The zero-order valence-electron chi connectivity index (χ0n) is 15.8. The summed E-state index contributed by atoms with van der Waals surface area (Å²) in [6.07, 6.45) is 1.86. The van der Waals surface area contributed by atoms with Crippen LogP contribution in [0.5, 0.6) is 5.75 Å².